The summed E-state index contributed by atoms with van der Waals surface area (Å²) in [6.45, 7) is 11.4. The highest BCUT2D eigenvalue weighted by Crippen LogP contribution is 2.41. The van der Waals surface area contributed by atoms with Gasteiger partial charge in [0.1, 0.15) is 0 Å². The lowest BCUT2D eigenvalue weighted by Gasteiger charge is -2.34. The fourth-order valence-electron chi connectivity index (χ4n) is 3.63. The Kier molecular flexibility index (Phi) is 4.74. The van der Waals surface area contributed by atoms with Gasteiger partial charge in [-0.3, -0.25) is 0 Å². The van der Waals surface area contributed by atoms with E-state index in [1.54, 1.807) is 0 Å². The molecule has 2 atom stereocenters. The summed E-state index contributed by atoms with van der Waals surface area (Å²) in [6, 6.07) is 9.51. The molecule has 20 heavy (non-hydrogen) atoms. The van der Waals surface area contributed by atoms with Crippen LogP contribution in [0.25, 0.3) is 0 Å². The molecule has 1 saturated carbocycles. The van der Waals surface area contributed by atoms with E-state index in [0.717, 1.165) is 19.0 Å². The van der Waals surface area contributed by atoms with Crippen LogP contribution in [-0.4, -0.2) is 26.2 Å². The highest BCUT2D eigenvalue weighted by atomic mass is 15.1. The minimum absolute atomic E-state index is 0.425. The van der Waals surface area contributed by atoms with Gasteiger partial charge in [-0.1, -0.05) is 38.5 Å². The van der Waals surface area contributed by atoms with Gasteiger partial charge in [0.15, 0.2) is 0 Å². The van der Waals surface area contributed by atoms with Crippen LogP contribution >= 0.6 is 0 Å². The molecule has 1 fully saturated rings. The predicted molar refractivity (Wildman–Crippen MR) is 88.4 cm³/mol. The lowest BCUT2D eigenvalue weighted by Crippen LogP contribution is -2.45. The van der Waals surface area contributed by atoms with E-state index < -0.39 is 0 Å². The molecule has 2 unspecified atom stereocenters. The number of rotatable bonds is 5. The number of nitrogens with one attached hydrogen (secondary N) is 1. The Morgan fingerprint density at radius 3 is 2.50 bits per heavy atom. The third kappa shape index (κ3) is 3.35. The van der Waals surface area contributed by atoms with E-state index in [4.69, 9.17) is 0 Å². The summed E-state index contributed by atoms with van der Waals surface area (Å²) in [5, 5.41) is 3.72. The van der Waals surface area contributed by atoms with E-state index in [0.29, 0.717) is 11.5 Å². The number of hydrogen-bond donors (Lipinski definition) is 1. The van der Waals surface area contributed by atoms with Gasteiger partial charge in [0, 0.05) is 25.3 Å². The molecule has 1 aliphatic carbocycles. The fraction of sp³-hybridized carbons (Fsp3) is 0.667. The normalized spacial score (nSPS) is 24.9. The molecule has 1 aliphatic rings. The quantitative estimate of drug-likeness (QED) is 0.877. The van der Waals surface area contributed by atoms with Crippen LogP contribution < -0.4 is 10.2 Å². The summed E-state index contributed by atoms with van der Waals surface area (Å²) >= 11 is 0. The second-order valence-corrected chi connectivity index (χ2v) is 7.04. The Morgan fingerprint density at radius 2 is 1.90 bits per heavy atom. The summed E-state index contributed by atoms with van der Waals surface area (Å²) in [7, 11) is 2.22. The lowest BCUT2D eigenvalue weighted by atomic mass is 9.84. The summed E-state index contributed by atoms with van der Waals surface area (Å²) < 4.78 is 0. The largest absolute Gasteiger partial charge is 0.374 e. The van der Waals surface area contributed by atoms with Crippen LogP contribution in [0, 0.1) is 18.3 Å². The third-order valence-electron chi connectivity index (χ3n) is 4.88. The average Bonchev–Trinajstić information content (AvgIpc) is 2.67. The van der Waals surface area contributed by atoms with Crippen LogP contribution in [-0.2, 0) is 0 Å². The summed E-state index contributed by atoms with van der Waals surface area (Å²) in [5.74, 6) is 0.747. The van der Waals surface area contributed by atoms with Crippen molar-refractivity contribution in [3.8, 4) is 0 Å². The number of aryl methyl sites for hydroxylation is 1. The first kappa shape index (κ1) is 15.4. The number of hydrogen-bond acceptors (Lipinski definition) is 2. The number of nitrogens with zero attached hydrogens (tertiary/aromatic N) is 1. The molecule has 0 saturated heterocycles. The van der Waals surface area contributed by atoms with Gasteiger partial charge in [0.2, 0.25) is 0 Å². The van der Waals surface area contributed by atoms with Crippen LogP contribution in [0.5, 0.6) is 0 Å². The molecule has 0 aliphatic heterocycles. The number of anilines is 1. The standard InChI is InChI=1S/C18H30N2/c1-6-19-17-15(11-12-18(17,3)4)13-20(5)16-9-7-14(2)8-10-16/h7-10,15,17,19H,6,11-13H2,1-5H3. The van der Waals surface area contributed by atoms with Gasteiger partial charge >= 0.3 is 0 Å². The molecule has 0 heterocycles. The molecule has 2 nitrogen and oxygen atoms in total. The minimum Gasteiger partial charge on any atom is -0.374 e. The zero-order valence-corrected chi connectivity index (χ0v) is 13.7. The van der Waals surface area contributed by atoms with Crippen LogP contribution in [0.3, 0.4) is 0 Å². The Bertz CT molecular complexity index is 422. The van der Waals surface area contributed by atoms with Crippen molar-refractivity contribution in [2.45, 2.75) is 46.6 Å². The van der Waals surface area contributed by atoms with E-state index in [1.165, 1.54) is 24.1 Å². The maximum absolute atomic E-state index is 3.72. The van der Waals surface area contributed by atoms with Crippen LogP contribution in [0.1, 0.15) is 39.2 Å². The van der Waals surface area contributed by atoms with Crippen molar-refractivity contribution in [2.75, 3.05) is 25.0 Å². The highest BCUT2D eigenvalue weighted by Gasteiger charge is 2.41. The van der Waals surface area contributed by atoms with Crippen molar-refractivity contribution in [1.82, 2.24) is 5.32 Å². The molecule has 0 radical (unpaired) electrons. The summed E-state index contributed by atoms with van der Waals surface area (Å²) in [6.07, 6.45) is 2.66. The van der Waals surface area contributed by atoms with Gasteiger partial charge in [-0.2, -0.15) is 0 Å². The van der Waals surface area contributed by atoms with E-state index in [-0.39, 0.29) is 0 Å². The van der Waals surface area contributed by atoms with E-state index in [2.05, 4.69) is 69.2 Å². The molecule has 112 valence electrons. The van der Waals surface area contributed by atoms with Crippen molar-refractivity contribution in [3.63, 3.8) is 0 Å². The second kappa shape index (κ2) is 6.17. The van der Waals surface area contributed by atoms with Crippen LogP contribution in [0.2, 0.25) is 0 Å². The second-order valence-electron chi connectivity index (χ2n) is 7.04. The number of benzene rings is 1. The zero-order valence-electron chi connectivity index (χ0n) is 13.7. The fourth-order valence-corrected chi connectivity index (χ4v) is 3.63. The molecule has 0 amide bonds. The van der Waals surface area contributed by atoms with Gasteiger partial charge in [-0.25, -0.2) is 0 Å². The maximum Gasteiger partial charge on any atom is 0.0363 e. The van der Waals surface area contributed by atoms with Crippen molar-refractivity contribution in [3.05, 3.63) is 29.8 Å². The maximum atomic E-state index is 3.72. The van der Waals surface area contributed by atoms with Crippen molar-refractivity contribution < 1.29 is 0 Å². The molecule has 2 heteroatoms. The van der Waals surface area contributed by atoms with Gasteiger partial charge in [-0.15, -0.1) is 0 Å². The van der Waals surface area contributed by atoms with Gasteiger partial charge in [0.25, 0.3) is 0 Å². The van der Waals surface area contributed by atoms with Gasteiger partial charge < -0.3 is 10.2 Å². The third-order valence-corrected chi connectivity index (χ3v) is 4.88. The molecule has 1 N–H and O–H groups in total. The SMILES string of the molecule is CCNC1C(CN(C)c2ccc(C)cc2)CCC1(C)C. The Labute approximate surface area is 124 Å². The molecular weight excluding hydrogens is 244 g/mol. The molecule has 1 aromatic rings. The average molecular weight is 274 g/mol. The summed E-state index contributed by atoms with van der Waals surface area (Å²) in [4.78, 5) is 2.41. The van der Waals surface area contributed by atoms with Crippen molar-refractivity contribution >= 4 is 5.69 Å². The van der Waals surface area contributed by atoms with Crippen LogP contribution in [0.4, 0.5) is 5.69 Å². The van der Waals surface area contributed by atoms with Gasteiger partial charge in [-0.05, 0) is 49.8 Å². The highest BCUT2D eigenvalue weighted by molar-refractivity contribution is 5.46. The first-order valence-electron chi connectivity index (χ1n) is 7.95. The van der Waals surface area contributed by atoms with E-state index >= 15 is 0 Å². The smallest absolute Gasteiger partial charge is 0.0363 e. The zero-order chi connectivity index (χ0) is 14.8. The summed E-state index contributed by atoms with van der Waals surface area (Å²) in [5.41, 5.74) is 3.08. The van der Waals surface area contributed by atoms with Gasteiger partial charge in [0.05, 0.1) is 0 Å². The van der Waals surface area contributed by atoms with Crippen LogP contribution in [0.15, 0.2) is 24.3 Å². The topological polar surface area (TPSA) is 15.3 Å². The first-order chi connectivity index (χ1) is 9.44. The monoisotopic (exact) mass is 274 g/mol. The molecule has 0 aromatic heterocycles. The molecular formula is C18H30N2. The van der Waals surface area contributed by atoms with E-state index in [9.17, 15) is 0 Å². The van der Waals surface area contributed by atoms with E-state index in [1.807, 2.05) is 0 Å². The Balaban J connectivity index is 2.03. The van der Waals surface area contributed by atoms with Crippen molar-refractivity contribution in [1.29, 1.82) is 0 Å². The molecule has 1 aromatic carbocycles. The molecule has 0 spiro atoms. The Morgan fingerprint density at radius 1 is 1.25 bits per heavy atom. The lowest BCUT2D eigenvalue weighted by molar-refractivity contribution is 0.253. The molecule has 0 bridgehead atoms. The Hall–Kier alpha value is -1.02. The first-order valence-corrected chi connectivity index (χ1v) is 7.95. The molecule has 2 rings (SSSR count). The predicted octanol–water partition coefficient (Wildman–Crippen LogP) is 3.85. The minimum atomic E-state index is 0.425. The van der Waals surface area contributed by atoms with Crippen molar-refractivity contribution in [2.24, 2.45) is 11.3 Å².